The molecule has 0 unspecified atom stereocenters. The minimum absolute atomic E-state index is 0.0247. The van der Waals surface area contributed by atoms with E-state index in [-0.39, 0.29) is 43.5 Å². The highest BCUT2D eigenvalue weighted by molar-refractivity contribution is 6.32. The average Bonchev–Trinajstić information content (AvgIpc) is 2.97. The molecule has 0 radical (unpaired) electrons. The Labute approximate surface area is 245 Å². The molecule has 216 valence electrons. The monoisotopic (exact) mass is 588 g/mol. The molecule has 1 saturated heterocycles. The highest BCUT2D eigenvalue weighted by atomic mass is 35.5. The first-order valence-electron chi connectivity index (χ1n) is 14.0. The number of aryl methyl sites for hydroxylation is 1. The molecule has 2 aliphatic rings. The van der Waals surface area contributed by atoms with Crippen LogP contribution in [0.1, 0.15) is 56.1 Å². The standard InChI is InChI=1S/C30H38Cl2N4O4/c31-23-8-4-5-9-28(23)40-30(39)35-14-15-36(29(38)25(34)17-20-6-2-1-3-7-20)26(19-35)27(37)13-11-21-10-12-22(18-33)24(32)16-21/h4-5,8-10,12,16,20,25-26H,1-3,6-7,11,13-15,17-19,33-34H2/t25-,26+/m1/s1. The maximum Gasteiger partial charge on any atom is 0.415 e. The summed E-state index contributed by atoms with van der Waals surface area (Å²) in [4.78, 5) is 43.2. The highest BCUT2D eigenvalue weighted by Crippen LogP contribution is 2.28. The van der Waals surface area contributed by atoms with E-state index in [2.05, 4.69) is 0 Å². The van der Waals surface area contributed by atoms with Crippen molar-refractivity contribution in [3.63, 3.8) is 0 Å². The Bertz CT molecular complexity index is 1200. The molecule has 0 aromatic heterocycles. The maximum absolute atomic E-state index is 13.6. The average molecular weight is 590 g/mol. The van der Waals surface area contributed by atoms with Crippen LogP contribution in [0.3, 0.4) is 0 Å². The molecule has 2 aromatic rings. The first kappa shape index (κ1) is 30.3. The number of amides is 2. The summed E-state index contributed by atoms with van der Waals surface area (Å²) in [5.74, 6) is 0.281. The van der Waals surface area contributed by atoms with Gasteiger partial charge in [-0.3, -0.25) is 9.59 Å². The highest BCUT2D eigenvalue weighted by Gasteiger charge is 2.39. The number of ether oxygens (including phenoxy) is 1. The van der Waals surface area contributed by atoms with Gasteiger partial charge in [-0.05, 0) is 48.1 Å². The van der Waals surface area contributed by atoms with Gasteiger partial charge >= 0.3 is 6.09 Å². The first-order valence-corrected chi connectivity index (χ1v) is 14.8. The number of rotatable bonds is 9. The lowest BCUT2D eigenvalue weighted by Gasteiger charge is -2.41. The van der Waals surface area contributed by atoms with Crippen LogP contribution in [0.25, 0.3) is 0 Å². The number of piperazine rings is 1. The van der Waals surface area contributed by atoms with Gasteiger partial charge in [-0.1, -0.05) is 79.6 Å². The smallest absolute Gasteiger partial charge is 0.409 e. The molecule has 4 rings (SSSR count). The molecule has 40 heavy (non-hydrogen) atoms. The van der Waals surface area contributed by atoms with Gasteiger partial charge in [0.25, 0.3) is 0 Å². The fraction of sp³-hybridized carbons (Fsp3) is 0.500. The van der Waals surface area contributed by atoms with Crippen LogP contribution in [0.4, 0.5) is 4.79 Å². The van der Waals surface area contributed by atoms with Crippen LogP contribution in [-0.2, 0) is 22.6 Å². The molecule has 1 heterocycles. The lowest BCUT2D eigenvalue weighted by Crippen LogP contribution is -2.62. The number of para-hydroxylation sites is 1. The summed E-state index contributed by atoms with van der Waals surface area (Å²) in [5.41, 5.74) is 13.9. The number of halogens is 2. The van der Waals surface area contributed by atoms with Gasteiger partial charge in [0, 0.05) is 31.1 Å². The Kier molecular flexibility index (Phi) is 10.8. The zero-order chi connectivity index (χ0) is 28.6. The number of Topliss-reactive ketones (excluding diaryl/α,β-unsaturated/α-hetero) is 1. The fourth-order valence-corrected chi connectivity index (χ4v) is 6.07. The third-order valence-corrected chi connectivity index (χ3v) is 8.62. The Balaban J connectivity index is 1.47. The molecule has 1 saturated carbocycles. The van der Waals surface area contributed by atoms with Gasteiger partial charge in [0.05, 0.1) is 17.6 Å². The van der Waals surface area contributed by atoms with Crippen LogP contribution >= 0.6 is 23.2 Å². The van der Waals surface area contributed by atoms with Crippen LogP contribution in [-0.4, -0.2) is 59.3 Å². The van der Waals surface area contributed by atoms with E-state index in [0.29, 0.717) is 35.3 Å². The summed E-state index contributed by atoms with van der Waals surface area (Å²) < 4.78 is 5.51. The number of benzene rings is 2. The summed E-state index contributed by atoms with van der Waals surface area (Å²) in [6.07, 6.45) is 6.33. The van der Waals surface area contributed by atoms with Gasteiger partial charge in [-0.2, -0.15) is 0 Å². The Hall–Kier alpha value is -2.65. The number of nitrogens with two attached hydrogens (primary N) is 2. The van der Waals surface area contributed by atoms with E-state index in [1.54, 1.807) is 29.2 Å². The van der Waals surface area contributed by atoms with Gasteiger partial charge in [0.2, 0.25) is 5.91 Å². The Morgan fingerprint density at radius 2 is 1.75 bits per heavy atom. The fourth-order valence-electron chi connectivity index (χ4n) is 5.62. The molecular formula is C30H38Cl2N4O4. The van der Waals surface area contributed by atoms with E-state index >= 15 is 0 Å². The molecule has 4 N–H and O–H groups in total. The minimum Gasteiger partial charge on any atom is -0.409 e. The summed E-state index contributed by atoms with van der Waals surface area (Å²) in [6, 6.07) is 10.8. The number of hydrogen-bond acceptors (Lipinski definition) is 6. The molecule has 1 aliphatic carbocycles. The normalized spacial score (nSPS) is 18.9. The maximum atomic E-state index is 13.6. The van der Waals surface area contributed by atoms with Gasteiger partial charge in [0.15, 0.2) is 11.5 Å². The second-order valence-corrected chi connectivity index (χ2v) is 11.5. The third kappa shape index (κ3) is 7.75. The first-order chi connectivity index (χ1) is 19.3. The second-order valence-electron chi connectivity index (χ2n) is 10.7. The zero-order valence-electron chi connectivity index (χ0n) is 22.7. The number of carbonyl (C=O) groups excluding carboxylic acids is 3. The molecule has 0 spiro atoms. The van der Waals surface area contributed by atoms with E-state index in [1.807, 2.05) is 18.2 Å². The van der Waals surface area contributed by atoms with Crippen LogP contribution in [0.15, 0.2) is 42.5 Å². The van der Waals surface area contributed by atoms with Crippen molar-refractivity contribution in [2.45, 2.75) is 70.0 Å². The Morgan fingerprint density at radius 1 is 1.00 bits per heavy atom. The summed E-state index contributed by atoms with van der Waals surface area (Å²) in [6.45, 7) is 0.780. The molecule has 2 atom stereocenters. The van der Waals surface area contributed by atoms with Crippen molar-refractivity contribution in [1.29, 1.82) is 0 Å². The minimum atomic E-state index is -0.823. The van der Waals surface area contributed by atoms with Gasteiger partial charge < -0.3 is 26.0 Å². The van der Waals surface area contributed by atoms with E-state index in [4.69, 9.17) is 39.4 Å². The summed E-state index contributed by atoms with van der Waals surface area (Å²) in [7, 11) is 0. The van der Waals surface area contributed by atoms with Crippen LogP contribution in [0, 0.1) is 5.92 Å². The molecule has 0 bridgehead atoms. The number of nitrogens with zero attached hydrogens (tertiary/aromatic N) is 2. The van der Waals surface area contributed by atoms with Crippen LogP contribution in [0.5, 0.6) is 5.75 Å². The van der Waals surface area contributed by atoms with Crippen molar-refractivity contribution < 1.29 is 19.1 Å². The molecule has 2 amide bonds. The van der Waals surface area contributed by atoms with E-state index in [9.17, 15) is 14.4 Å². The van der Waals surface area contributed by atoms with Crippen LogP contribution < -0.4 is 16.2 Å². The van der Waals surface area contributed by atoms with Crippen molar-refractivity contribution in [3.05, 3.63) is 63.6 Å². The van der Waals surface area contributed by atoms with Crippen molar-refractivity contribution in [2.75, 3.05) is 19.6 Å². The summed E-state index contributed by atoms with van der Waals surface area (Å²) >= 11 is 12.5. The van der Waals surface area contributed by atoms with Crippen molar-refractivity contribution >= 4 is 41.0 Å². The van der Waals surface area contributed by atoms with Crippen LogP contribution in [0.2, 0.25) is 10.0 Å². The van der Waals surface area contributed by atoms with Gasteiger partial charge in [-0.25, -0.2) is 4.79 Å². The predicted molar refractivity (Wildman–Crippen MR) is 156 cm³/mol. The lowest BCUT2D eigenvalue weighted by molar-refractivity contribution is -0.144. The largest absolute Gasteiger partial charge is 0.415 e. The molecule has 2 fully saturated rings. The second kappa shape index (κ2) is 14.3. The van der Waals surface area contributed by atoms with E-state index < -0.39 is 18.2 Å². The van der Waals surface area contributed by atoms with Gasteiger partial charge in [-0.15, -0.1) is 0 Å². The SMILES string of the molecule is NCc1ccc(CCC(=O)[C@@H]2CN(C(=O)Oc3ccccc3Cl)CCN2C(=O)[C@H](N)CC2CCCCC2)cc1Cl. The summed E-state index contributed by atoms with van der Waals surface area (Å²) in [5, 5.41) is 0.870. The van der Waals surface area contributed by atoms with E-state index in [0.717, 1.165) is 36.8 Å². The van der Waals surface area contributed by atoms with E-state index in [1.165, 1.54) is 11.3 Å². The Morgan fingerprint density at radius 3 is 2.45 bits per heavy atom. The molecule has 10 heteroatoms. The number of ketones is 1. The molecule has 1 aliphatic heterocycles. The quantitative estimate of drug-likeness (QED) is 0.427. The topological polar surface area (TPSA) is 119 Å². The predicted octanol–water partition coefficient (Wildman–Crippen LogP) is 4.96. The number of carbonyl (C=O) groups is 3. The van der Waals surface area contributed by atoms with Crippen molar-refractivity contribution in [2.24, 2.45) is 17.4 Å². The number of hydrogen-bond donors (Lipinski definition) is 2. The molecule has 2 aromatic carbocycles. The van der Waals surface area contributed by atoms with Crippen molar-refractivity contribution in [1.82, 2.24) is 9.80 Å². The zero-order valence-corrected chi connectivity index (χ0v) is 24.2. The third-order valence-electron chi connectivity index (χ3n) is 7.95. The lowest BCUT2D eigenvalue weighted by atomic mass is 9.84. The molecule has 8 nitrogen and oxygen atoms in total. The van der Waals surface area contributed by atoms with Crippen molar-refractivity contribution in [3.8, 4) is 5.75 Å². The van der Waals surface area contributed by atoms with Gasteiger partial charge in [0.1, 0.15) is 6.04 Å². The molecular weight excluding hydrogens is 551 g/mol.